The molecule has 0 saturated heterocycles. The molecule has 2 aromatic rings. The molecule has 0 amide bonds. The van der Waals surface area contributed by atoms with Crippen molar-refractivity contribution in [3.05, 3.63) is 63.1 Å². The molecule has 20 heavy (non-hydrogen) atoms. The van der Waals surface area contributed by atoms with Crippen molar-refractivity contribution in [2.45, 2.75) is 11.8 Å². The molecule has 1 atom stereocenters. The molecule has 106 valence electrons. The van der Waals surface area contributed by atoms with Crippen LogP contribution in [0.2, 0.25) is 0 Å². The van der Waals surface area contributed by atoms with Gasteiger partial charge in [-0.1, -0.05) is 44.0 Å². The Bertz CT molecular complexity index is 621. The molecular weight excluding hydrogens is 394 g/mol. The van der Waals surface area contributed by atoms with Gasteiger partial charge >= 0.3 is 0 Å². The Hall–Kier alpha value is -0.940. The van der Waals surface area contributed by atoms with Gasteiger partial charge in [0.2, 0.25) is 0 Å². The molecular formula is C15H12Br2F2O. The zero-order chi connectivity index (χ0) is 14.9. The van der Waals surface area contributed by atoms with Gasteiger partial charge in [0.1, 0.15) is 17.4 Å². The van der Waals surface area contributed by atoms with E-state index in [1.807, 2.05) is 25.1 Å². The van der Waals surface area contributed by atoms with Crippen molar-refractivity contribution >= 4 is 31.9 Å². The Balaban J connectivity index is 2.47. The van der Waals surface area contributed by atoms with Crippen LogP contribution in [-0.4, -0.2) is 7.11 Å². The predicted octanol–water partition coefficient (Wildman–Crippen LogP) is 5.53. The van der Waals surface area contributed by atoms with Crippen LogP contribution in [-0.2, 0) is 0 Å². The van der Waals surface area contributed by atoms with Crippen LogP contribution in [0.3, 0.4) is 0 Å². The molecule has 0 aromatic heterocycles. The summed E-state index contributed by atoms with van der Waals surface area (Å²) in [5.41, 5.74) is 1.77. The average Bonchev–Trinajstić information content (AvgIpc) is 2.40. The van der Waals surface area contributed by atoms with Crippen LogP contribution in [0.1, 0.15) is 21.5 Å². The fraction of sp³-hybridized carbons (Fsp3) is 0.200. The van der Waals surface area contributed by atoms with Crippen molar-refractivity contribution in [2.24, 2.45) is 0 Å². The Morgan fingerprint density at radius 2 is 1.70 bits per heavy atom. The molecule has 0 aliphatic heterocycles. The second kappa shape index (κ2) is 6.22. The first kappa shape index (κ1) is 15.4. The Kier molecular flexibility index (Phi) is 4.81. The number of methoxy groups -OCH3 is 1. The van der Waals surface area contributed by atoms with E-state index in [9.17, 15) is 8.78 Å². The Morgan fingerprint density at radius 3 is 2.20 bits per heavy atom. The molecule has 2 aromatic carbocycles. The lowest BCUT2D eigenvalue weighted by atomic mass is 10.0. The van der Waals surface area contributed by atoms with E-state index in [2.05, 4.69) is 31.9 Å². The summed E-state index contributed by atoms with van der Waals surface area (Å²) >= 11 is 6.77. The van der Waals surface area contributed by atoms with Crippen molar-refractivity contribution in [1.82, 2.24) is 0 Å². The lowest BCUT2D eigenvalue weighted by molar-refractivity contribution is 0.405. The van der Waals surface area contributed by atoms with Crippen LogP contribution in [0.15, 0.2) is 34.8 Å². The van der Waals surface area contributed by atoms with Crippen LogP contribution < -0.4 is 4.74 Å². The second-order valence-electron chi connectivity index (χ2n) is 4.38. The third-order valence-electron chi connectivity index (χ3n) is 3.02. The van der Waals surface area contributed by atoms with Crippen LogP contribution in [0.4, 0.5) is 8.78 Å². The SMILES string of the molecule is COc1cc(F)c(C(Br)c2ccc(Br)c(C)c2)c(F)c1. The van der Waals surface area contributed by atoms with Gasteiger partial charge in [-0.05, 0) is 24.1 Å². The molecule has 0 fully saturated rings. The second-order valence-corrected chi connectivity index (χ2v) is 6.15. The molecule has 0 radical (unpaired) electrons. The maximum atomic E-state index is 14.1. The van der Waals surface area contributed by atoms with Crippen molar-refractivity contribution in [3.8, 4) is 5.75 Å². The number of benzene rings is 2. The molecule has 0 aliphatic rings. The van der Waals surface area contributed by atoms with E-state index in [0.29, 0.717) is 0 Å². The summed E-state index contributed by atoms with van der Waals surface area (Å²) in [5, 5.41) is 0. The van der Waals surface area contributed by atoms with Crippen molar-refractivity contribution in [3.63, 3.8) is 0 Å². The number of halogens is 4. The summed E-state index contributed by atoms with van der Waals surface area (Å²) in [6.07, 6.45) is 0. The predicted molar refractivity (Wildman–Crippen MR) is 82.6 cm³/mol. The average molecular weight is 406 g/mol. The van der Waals surface area contributed by atoms with E-state index in [-0.39, 0.29) is 11.3 Å². The number of hydrogen-bond donors (Lipinski definition) is 0. The molecule has 0 N–H and O–H groups in total. The van der Waals surface area contributed by atoms with E-state index in [0.717, 1.165) is 15.6 Å². The molecule has 0 aliphatic carbocycles. The van der Waals surface area contributed by atoms with Crippen LogP contribution in [0, 0.1) is 18.6 Å². The summed E-state index contributed by atoms with van der Waals surface area (Å²) in [4.78, 5) is -0.555. The fourth-order valence-electron chi connectivity index (χ4n) is 1.91. The van der Waals surface area contributed by atoms with E-state index in [1.165, 1.54) is 19.2 Å². The summed E-state index contributed by atoms with van der Waals surface area (Å²) in [7, 11) is 1.37. The molecule has 0 saturated carbocycles. The minimum absolute atomic E-state index is 0.0208. The lowest BCUT2D eigenvalue weighted by Gasteiger charge is -2.15. The summed E-state index contributed by atoms with van der Waals surface area (Å²) in [6.45, 7) is 1.92. The highest BCUT2D eigenvalue weighted by molar-refractivity contribution is 9.10. The van der Waals surface area contributed by atoms with Gasteiger partial charge in [0.05, 0.1) is 11.9 Å². The highest BCUT2D eigenvalue weighted by Gasteiger charge is 2.21. The number of rotatable bonds is 3. The summed E-state index contributed by atoms with van der Waals surface area (Å²) in [5.74, 6) is -1.11. The highest BCUT2D eigenvalue weighted by Crippen LogP contribution is 2.37. The number of hydrogen-bond acceptors (Lipinski definition) is 1. The standard InChI is InChI=1S/C15H12Br2F2O/c1-8-5-9(3-4-11(8)16)15(17)14-12(18)6-10(20-2)7-13(14)19/h3-7,15H,1-2H3. The van der Waals surface area contributed by atoms with Crippen LogP contribution in [0.5, 0.6) is 5.75 Å². The summed E-state index contributed by atoms with van der Waals surface area (Å²) in [6, 6.07) is 7.92. The van der Waals surface area contributed by atoms with E-state index < -0.39 is 16.5 Å². The first-order valence-corrected chi connectivity index (χ1v) is 7.58. The van der Waals surface area contributed by atoms with Gasteiger partial charge in [0.15, 0.2) is 0 Å². The molecule has 0 heterocycles. The lowest BCUT2D eigenvalue weighted by Crippen LogP contribution is -2.02. The highest BCUT2D eigenvalue weighted by atomic mass is 79.9. The first-order valence-electron chi connectivity index (χ1n) is 5.87. The van der Waals surface area contributed by atoms with Crippen molar-refractivity contribution in [2.75, 3.05) is 7.11 Å². The minimum atomic E-state index is -0.635. The smallest absolute Gasteiger partial charge is 0.134 e. The van der Waals surface area contributed by atoms with Crippen LogP contribution >= 0.6 is 31.9 Å². The van der Waals surface area contributed by atoms with E-state index in [4.69, 9.17) is 4.74 Å². The minimum Gasteiger partial charge on any atom is -0.497 e. The molecule has 1 unspecified atom stereocenters. The topological polar surface area (TPSA) is 9.23 Å². The van der Waals surface area contributed by atoms with Gasteiger partial charge in [-0.3, -0.25) is 0 Å². The first-order chi connectivity index (χ1) is 9.43. The van der Waals surface area contributed by atoms with Crippen molar-refractivity contribution in [1.29, 1.82) is 0 Å². The van der Waals surface area contributed by atoms with Gasteiger partial charge in [-0.15, -0.1) is 0 Å². The monoisotopic (exact) mass is 404 g/mol. The van der Waals surface area contributed by atoms with Gasteiger partial charge in [0.25, 0.3) is 0 Å². The van der Waals surface area contributed by atoms with Crippen LogP contribution in [0.25, 0.3) is 0 Å². The zero-order valence-corrected chi connectivity index (χ0v) is 14.1. The molecule has 1 nitrogen and oxygen atoms in total. The molecule has 0 spiro atoms. The zero-order valence-electron chi connectivity index (χ0n) is 10.9. The molecule has 0 bridgehead atoms. The van der Waals surface area contributed by atoms with Gasteiger partial charge < -0.3 is 4.74 Å². The Morgan fingerprint density at radius 1 is 1.10 bits per heavy atom. The normalized spacial score (nSPS) is 12.3. The molecule has 2 rings (SSSR count). The van der Waals surface area contributed by atoms with E-state index >= 15 is 0 Å². The van der Waals surface area contributed by atoms with E-state index in [1.54, 1.807) is 0 Å². The number of aryl methyl sites for hydroxylation is 1. The third kappa shape index (κ3) is 3.04. The van der Waals surface area contributed by atoms with Gasteiger partial charge in [0, 0.05) is 22.2 Å². The molecule has 5 heteroatoms. The number of alkyl halides is 1. The van der Waals surface area contributed by atoms with Gasteiger partial charge in [-0.25, -0.2) is 8.78 Å². The fourth-order valence-corrected chi connectivity index (χ4v) is 2.88. The largest absolute Gasteiger partial charge is 0.497 e. The van der Waals surface area contributed by atoms with Crippen molar-refractivity contribution < 1.29 is 13.5 Å². The third-order valence-corrected chi connectivity index (χ3v) is 4.89. The Labute approximate surface area is 133 Å². The van der Waals surface area contributed by atoms with Gasteiger partial charge in [-0.2, -0.15) is 0 Å². The maximum Gasteiger partial charge on any atom is 0.134 e. The number of ether oxygens (including phenoxy) is 1. The quantitative estimate of drug-likeness (QED) is 0.610. The maximum absolute atomic E-state index is 14.1. The summed E-state index contributed by atoms with van der Waals surface area (Å²) < 4.78 is 33.9.